The lowest BCUT2D eigenvalue weighted by Crippen LogP contribution is -2.46. The quantitative estimate of drug-likeness (QED) is 0.794. The molecular weight excluding hydrogens is 303 g/mol. The van der Waals surface area contributed by atoms with E-state index in [1.165, 1.54) is 6.07 Å². The van der Waals surface area contributed by atoms with Crippen molar-refractivity contribution in [2.45, 2.75) is 26.8 Å². The minimum absolute atomic E-state index is 0.240. The van der Waals surface area contributed by atoms with E-state index in [0.29, 0.717) is 15.7 Å². The Morgan fingerprint density at radius 2 is 1.80 bits per heavy atom. The van der Waals surface area contributed by atoms with Gasteiger partial charge in [-0.25, -0.2) is 9.59 Å². The first-order valence-electron chi connectivity index (χ1n) is 5.98. The molecule has 1 aromatic rings. The van der Waals surface area contributed by atoms with Crippen LogP contribution < -0.4 is 10.6 Å². The molecule has 0 radical (unpaired) electrons. The first-order valence-corrected chi connectivity index (χ1v) is 6.74. The molecule has 0 bridgehead atoms. The number of urea groups is 1. The number of hydrogen-bond acceptors (Lipinski definition) is 2. The normalized spacial score (nSPS) is 12.1. The molecule has 0 aromatic heterocycles. The van der Waals surface area contributed by atoms with Gasteiger partial charge in [-0.3, -0.25) is 0 Å². The Morgan fingerprint density at radius 3 is 2.30 bits per heavy atom. The van der Waals surface area contributed by atoms with Gasteiger partial charge in [0.05, 0.1) is 10.7 Å². The number of aryl methyl sites for hydroxylation is 1. The average Bonchev–Trinajstić information content (AvgIpc) is 2.32. The molecule has 0 spiro atoms. The second kappa shape index (κ2) is 6.81. The zero-order valence-corrected chi connectivity index (χ0v) is 12.8. The van der Waals surface area contributed by atoms with Crippen LogP contribution >= 0.6 is 23.2 Å². The van der Waals surface area contributed by atoms with Crippen molar-refractivity contribution in [3.63, 3.8) is 0 Å². The van der Waals surface area contributed by atoms with E-state index in [1.54, 1.807) is 26.8 Å². The summed E-state index contributed by atoms with van der Waals surface area (Å²) in [5, 5.41) is 14.7. The fraction of sp³-hybridized carbons (Fsp3) is 0.385. The van der Waals surface area contributed by atoms with E-state index in [9.17, 15) is 9.59 Å². The smallest absolute Gasteiger partial charge is 0.326 e. The van der Waals surface area contributed by atoms with Gasteiger partial charge in [-0.05, 0) is 30.5 Å². The highest BCUT2D eigenvalue weighted by Crippen LogP contribution is 2.28. The van der Waals surface area contributed by atoms with Gasteiger partial charge in [0.1, 0.15) is 6.04 Å². The fourth-order valence-corrected chi connectivity index (χ4v) is 1.98. The number of carboxylic acid groups (broad SMARTS) is 1. The van der Waals surface area contributed by atoms with Crippen molar-refractivity contribution in [1.82, 2.24) is 5.32 Å². The fourth-order valence-electron chi connectivity index (χ4n) is 1.56. The molecule has 1 unspecified atom stereocenters. The molecule has 5 nitrogen and oxygen atoms in total. The third kappa shape index (κ3) is 4.28. The van der Waals surface area contributed by atoms with Crippen LogP contribution in [0.15, 0.2) is 12.1 Å². The number of hydrogen-bond donors (Lipinski definition) is 3. The molecule has 0 saturated heterocycles. The van der Waals surface area contributed by atoms with Crippen LogP contribution in [0.25, 0.3) is 0 Å². The van der Waals surface area contributed by atoms with E-state index < -0.39 is 18.0 Å². The molecule has 20 heavy (non-hydrogen) atoms. The van der Waals surface area contributed by atoms with E-state index in [-0.39, 0.29) is 5.92 Å². The number of carbonyl (C=O) groups excluding carboxylic acids is 1. The summed E-state index contributed by atoms with van der Waals surface area (Å²) in [7, 11) is 0. The number of carboxylic acids is 1. The van der Waals surface area contributed by atoms with Crippen LogP contribution in [0.3, 0.4) is 0 Å². The van der Waals surface area contributed by atoms with Crippen LogP contribution in [0, 0.1) is 12.8 Å². The first-order chi connectivity index (χ1) is 9.22. The number of benzene rings is 1. The summed E-state index contributed by atoms with van der Waals surface area (Å²) in [6, 6.07) is 1.52. The molecule has 2 amide bonds. The Balaban J connectivity index is 2.81. The highest BCUT2D eigenvalue weighted by molar-refractivity contribution is 6.36. The summed E-state index contributed by atoms with van der Waals surface area (Å²) in [4.78, 5) is 22.8. The molecular formula is C13H16Cl2N2O3. The van der Waals surface area contributed by atoms with E-state index in [0.717, 1.165) is 5.56 Å². The van der Waals surface area contributed by atoms with Gasteiger partial charge < -0.3 is 15.7 Å². The van der Waals surface area contributed by atoms with Crippen LogP contribution in [0.1, 0.15) is 19.4 Å². The second-order valence-electron chi connectivity index (χ2n) is 4.74. The lowest BCUT2D eigenvalue weighted by Gasteiger charge is -2.18. The van der Waals surface area contributed by atoms with Gasteiger partial charge >= 0.3 is 12.0 Å². The number of carbonyl (C=O) groups is 2. The summed E-state index contributed by atoms with van der Waals surface area (Å²) >= 11 is 11.9. The van der Waals surface area contributed by atoms with E-state index in [2.05, 4.69) is 10.6 Å². The molecule has 0 aliphatic carbocycles. The van der Waals surface area contributed by atoms with Crippen LogP contribution in [0.4, 0.5) is 10.5 Å². The molecule has 1 atom stereocenters. The van der Waals surface area contributed by atoms with Crippen LogP contribution in [-0.2, 0) is 4.79 Å². The molecule has 110 valence electrons. The molecule has 0 aliphatic rings. The summed E-state index contributed by atoms with van der Waals surface area (Å²) in [6.45, 7) is 5.20. The molecule has 0 fully saturated rings. The summed E-state index contributed by atoms with van der Waals surface area (Å²) in [5.74, 6) is -1.33. The Kier molecular flexibility index (Phi) is 5.65. The van der Waals surface area contributed by atoms with Crippen molar-refractivity contribution in [2.75, 3.05) is 5.32 Å². The van der Waals surface area contributed by atoms with Crippen LogP contribution in [0.5, 0.6) is 0 Å². The SMILES string of the molecule is Cc1cc(Cl)c(NC(=O)NC(C(=O)O)C(C)C)cc1Cl. The molecule has 0 aliphatic heterocycles. The van der Waals surface area contributed by atoms with Gasteiger partial charge in [0.2, 0.25) is 0 Å². The second-order valence-corrected chi connectivity index (χ2v) is 5.55. The molecule has 3 N–H and O–H groups in total. The molecule has 0 saturated carbocycles. The van der Waals surface area contributed by atoms with Crippen molar-refractivity contribution in [1.29, 1.82) is 0 Å². The molecule has 1 aromatic carbocycles. The predicted octanol–water partition coefficient (Wildman–Crippen LogP) is 3.53. The third-order valence-electron chi connectivity index (χ3n) is 2.72. The Hall–Kier alpha value is -1.46. The van der Waals surface area contributed by atoms with Gasteiger partial charge in [-0.2, -0.15) is 0 Å². The third-order valence-corrected chi connectivity index (χ3v) is 3.44. The largest absolute Gasteiger partial charge is 0.480 e. The van der Waals surface area contributed by atoms with Gasteiger partial charge in [0.15, 0.2) is 0 Å². The van der Waals surface area contributed by atoms with Gasteiger partial charge in [0.25, 0.3) is 0 Å². The highest BCUT2D eigenvalue weighted by Gasteiger charge is 2.23. The first kappa shape index (κ1) is 16.6. The minimum atomic E-state index is -1.09. The zero-order valence-electron chi connectivity index (χ0n) is 11.3. The van der Waals surface area contributed by atoms with Crippen molar-refractivity contribution in [2.24, 2.45) is 5.92 Å². The Labute approximate surface area is 127 Å². The van der Waals surface area contributed by atoms with Crippen molar-refractivity contribution >= 4 is 40.9 Å². The molecule has 0 heterocycles. The lowest BCUT2D eigenvalue weighted by molar-refractivity contribution is -0.140. The van der Waals surface area contributed by atoms with Crippen molar-refractivity contribution in [3.8, 4) is 0 Å². The maximum atomic E-state index is 11.8. The van der Waals surface area contributed by atoms with E-state index in [1.807, 2.05) is 0 Å². The number of nitrogens with one attached hydrogen (secondary N) is 2. The Bertz CT molecular complexity index is 533. The number of halogens is 2. The number of amides is 2. The van der Waals surface area contributed by atoms with E-state index >= 15 is 0 Å². The zero-order chi connectivity index (χ0) is 15.4. The maximum Gasteiger partial charge on any atom is 0.326 e. The number of anilines is 1. The van der Waals surface area contributed by atoms with E-state index in [4.69, 9.17) is 28.3 Å². The number of rotatable bonds is 4. The Morgan fingerprint density at radius 1 is 1.20 bits per heavy atom. The van der Waals surface area contributed by atoms with Gasteiger partial charge in [-0.15, -0.1) is 0 Å². The minimum Gasteiger partial charge on any atom is -0.480 e. The van der Waals surface area contributed by atoms with Gasteiger partial charge in [-0.1, -0.05) is 37.0 Å². The summed E-state index contributed by atoms with van der Waals surface area (Å²) < 4.78 is 0. The predicted molar refractivity (Wildman–Crippen MR) is 79.6 cm³/mol. The topological polar surface area (TPSA) is 78.4 Å². The maximum absolute atomic E-state index is 11.8. The standard InChI is InChI=1S/C13H16Cl2N2O3/c1-6(2)11(12(18)19)17-13(20)16-10-5-8(14)7(3)4-9(10)15/h4-6,11H,1-3H3,(H,18,19)(H2,16,17,20). The van der Waals surface area contributed by atoms with Crippen molar-refractivity contribution < 1.29 is 14.7 Å². The lowest BCUT2D eigenvalue weighted by atomic mass is 10.1. The van der Waals surface area contributed by atoms with Crippen molar-refractivity contribution in [3.05, 3.63) is 27.7 Å². The average molecular weight is 319 g/mol. The summed E-state index contributed by atoms with van der Waals surface area (Å²) in [6.07, 6.45) is 0. The summed E-state index contributed by atoms with van der Waals surface area (Å²) in [5.41, 5.74) is 1.11. The molecule has 1 rings (SSSR count). The van der Waals surface area contributed by atoms with Gasteiger partial charge in [0, 0.05) is 5.02 Å². The van der Waals surface area contributed by atoms with Crippen LogP contribution in [0.2, 0.25) is 10.0 Å². The monoisotopic (exact) mass is 318 g/mol. The van der Waals surface area contributed by atoms with Crippen LogP contribution in [-0.4, -0.2) is 23.1 Å². The molecule has 7 heteroatoms. The number of aliphatic carboxylic acids is 1. The highest BCUT2D eigenvalue weighted by atomic mass is 35.5.